The fourth-order valence-electron chi connectivity index (χ4n) is 5.05. The second kappa shape index (κ2) is 12.8. The maximum atomic E-state index is 5.38. The fourth-order valence-corrected chi connectivity index (χ4v) is 5.05. The molecule has 0 saturated heterocycles. The van der Waals surface area contributed by atoms with Crippen LogP contribution in [0.5, 0.6) is 0 Å². The third-order valence-electron chi connectivity index (χ3n) is 7.56. The number of anilines is 2. The van der Waals surface area contributed by atoms with Crippen molar-refractivity contribution in [2.75, 3.05) is 10.6 Å². The Bertz CT molecular complexity index is 1330. The molecule has 0 unspecified atom stereocenters. The number of hydrogen-bond donors (Lipinski definition) is 2. The van der Waals surface area contributed by atoms with E-state index in [4.69, 9.17) is 9.98 Å². The second-order valence-corrected chi connectivity index (χ2v) is 11.1. The molecule has 0 aromatic heterocycles. The van der Waals surface area contributed by atoms with Crippen LogP contribution in [0.15, 0.2) is 107 Å². The Morgan fingerprint density at radius 2 is 0.775 bits per heavy atom. The second-order valence-electron chi connectivity index (χ2n) is 11.1. The van der Waals surface area contributed by atoms with Gasteiger partial charge in [-0.1, -0.05) is 108 Å². The van der Waals surface area contributed by atoms with E-state index in [9.17, 15) is 0 Å². The summed E-state index contributed by atoms with van der Waals surface area (Å²) in [5.74, 6) is 1.80. The summed E-state index contributed by atoms with van der Waals surface area (Å²) in [6.07, 6.45) is 4.37. The summed E-state index contributed by atoms with van der Waals surface area (Å²) < 4.78 is 0. The van der Waals surface area contributed by atoms with Crippen LogP contribution in [0, 0.1) is 27.7 Å². The summed E-state index contributed by atoms with van der Waals surface area (Å²) >= 11 is 0. The van der Waals surface area contributed by atoms with Crippen molar-refractivity contribution in [3.8, 4) is 0 Å². The molecule has 0 spiro atoms. The minimum Gasteiger partial charge on any atom is -0.340 e. The van der Waals surface area contributed by atoms with Crippen LogP contribution < -0.4 is 10.6 Å². The molecule has 0 aliphatic heterocycles. The molecule has 0 heterocycles. The van der Waals surface area contributed by atoms with Gasteiger partial charge in [-0.2, -0.15) is 0 Å². The smallest absolute Gasteiger partial charge is 0.133 e. The Morgan fingerprint density at radius 3 is 1.10 bits per heavy atom. The molecule has 4 heteroatoms. The van der Waals surface area contributed by atoms with Gasteiger partial charge in [0.1, 0.15) is 11.7 Å². The molecule has 2 atom stereocenters. The van der Waals surface area contributed by atoms with Crippen LogP contribution >= 0.6 is 0 Å². The molecule has 4 aromatic rings. The van der Waals surface area contributed by atoms with Crippen molar-refractivity contribution in [1.29, 1.82) is 0 Å². The van der Waals surface area contributed by atoms with Gasteiger partial charge in [-0.25, -0.2) is 0 Å². The van der Waals surface area contributed by atoms with Crippen LogP contribution in [0.4, 0.5) is 11.4 Å². The van der Waals surface area contributed by atoms with Crippen LogP contribution in [0.2, 0.25) is 0 Å². The van der Waals surface area contributed by atoms with E-state index >= 15 is 0 Å². The lowest BCUT2D eigenvalue weighted by atomic mass is 9.90. The minimum atomic E-state index is 0.0864. The lowest BCUT2D eigenvalue weighted by Crippen LogP contribution is -2.32. The first-order valence-electron chi connectivity index (χ1n) is 14.4. The zero-order valence-corrected chi connectivity index (χ0v) is 24.1. The molecule has 5 rings (SSSR count). The largest absolute Gasteiger partial charge is 0.340 e. The molecule has 4 nitrogen and oxygen atoms in total. The van der Waals surface area contributed by atoms with Gasteiger partial charge in [0.15, 0.2) is 0 Å². The Labute approximate surface area is 239 Å². The number of aryl methyl sites for hydroxylation is 4. The molecule has 1 aliphatic carbocycles. The summed E-state index contributed by atoms with van der Waals surface area (Å²) in [7, 11) is 0. The normalized spacial score (nSPS) is 17.9. The maximum Gasteiger partial charge on any atom is 0.133 e. The zero-order valence-electron chi connectivity index (χ0n) is 24.1. The molecule has 1 fully saturated rings. The highest BCUT2D eigenvalue weighted by Crippen LogP contribution is 2.26. The van der Waals surface area contributed by atoms with E-state index in [2.05, 4.69) is 135 Å². The molecule has 0 amide bonds. The van der Waals surface area contributed by atoms with Gasteiger partial charge < -0.3 is 10.6 Å². The van der Waals surface area contributed by atoms with Crippen LogP contribution in [0.3, 0.4) is 0 Å². The minimum absolute atomic E-state index is 0.0864. The highest BCUT2D eigenvalue weighted by atomic mass is 15.1. The molecule has 0 bridgehead atoms. The molecule has 1 saturated carbocycles. The van der Waals surface area contributed by atoms with Crippen molar-refractivity contribution < 1.29 is 0 Å². The number of hydrogen-bond acceptors (Lipinski definition) is 2. The van der Waals surface area contributed by atoms with E-state index in [0.717, 1.165) is 59.9 Å². The summed E-state index contributed by atoms with van der Waals surface area (Å²) in [6, 6.07) is 34.4. The molecule has 2 N–H and O–H groups in total. The summed E-state index contributed by atoms with van der Waals surface area (Å²) in [5.41, 5.74) is 9.24. The SMILES string of the molecule is Cc1ccc(NC(=N[C@@H]2CCCC[C@H]2N=C(Nc2ccc(C)cc2)c2ccc(C)cc2)c2ccc(C)cc2)cc1. The quantitative estimate of drug-likeness (QED) is 0.194. The Hall–Kier alpha value is -4.18. The molecular formula is C36H40N4. The van der Waals surface area contributed by atoms with Crippen molar-refractivity contribution in [2.24, 2.45) is 9.98 Å². The van der Waals surface area contributed by atoms with Crippen molar-refractivity contribution in [3.63, 3.8) is 0 Å². The standard InChI is InChI=1S/C36H40N4/c1-25-9-17-29(18-10-25)35(37-31-21-13-27(3)14-22-31)39-33-7-5-6-8-34(33)40-36(30-19-11-26(2)12-20-30)38-32-23-15-28(4)16-24-32/h9-24,33-34H,5-8H2,1-4H3,(H,37,39)(H,38,40)/t33-,34-/m1/s1. The first-order chi connectivity index (χ1) is 19.4. The highest BCUT2D eigenvalue weighted by molar-refractivity contribution is 6.09. The van der Waals surface area contributed by atoms with Crippen molar-refractivity contribution in [3.05, 3.63) is 130 Å². The summed E-state index contributed by atoms with van der Waals surface area (Å²) in [5, 5.41) is 7.26. The molecule has 204 valence electrons. The Kier molecular flexibility index (Phi) is 8.75. The van der Waals surface area contributed by atoms with Crippen LogP contribution in [-0.2, 0) is 0 Å². The molecule has 0 radical (unpaired) electrons. The maximum absolute atomic E-state index is 5.38. The third kappa shape index (κ3) is 7.26. The van der Waals surface area contributed by atoms with Crippen molar-refractivity contribution in [2.45, 2.75) is 65.5 Å². The molecule has 40 heavy (non-hydrogen) atoms. The molecular weight excluding hydrogens is 488 g/mol. The monoisotopic (exact) mass is 528 g/mol. The van der Waals surface area contributed by atoms with Gasteiger partial charge in [0.25, 0.3) is 0 Å². The first kappa shape index (κ1) is 27.4. The number of nitrogens with one attached hydrogen (secondary N) is 2. The van der Waals surface area contributed by atoms with Crippen LogP contribution in [0.25, 0.3) is 0 Å². The average molecular weight is 529 g/mol. The van der Waals surface area contributed by atoms with Gasteiger partial charge in [0, 0.05) is 22.5 Å². The van der Waals surface area contributed by atoms with Crippen LogP contribution in [-0.4, -0.2) is 23.8 Å². The molecule has 4 aromatic carbocycles. The van der Waals surface area contributed by atoms with Gasteiger partial charge in [0.2, 0.25) is 0 Å². The van der Waals surface area contributed by atoms with Crippen molar-refractivity contribution >= 4 is 23.0 Å². The topological polar surface area (TPSA) is 48.8 Å². The van der Waals surface area contributed by atoms with E-state index < -0.39 is 0 Å². The van der Waals surface area contributed by atoms with Gasteiger partial charge in [0.05, 0.1) is 12.1 Å². The van der Waals surface area contributed by atoms with E-state index in [1.807, 2.05) is 0 Å². The summed E-state index contributed by atoms with van der Waals surface area (Å²) in [4.78, 5) is 10.8. The predicted octanol–water partition coefficient (Wildman–Crippen LogP) is 8.65. The Morgan fingerprint density at radius 1 is 0.475 bits per heavy atom. The van der Waals surface area contributed by atoms with Crippen LogP contribution in [0.1, 0.15) is 59.1 Å². The van der Waals surface area contributed by atoms with E-state index in [1.165, 1.54) is 22.3 Å². The first-order valence-corrected chi connectivity index (χ1v) is 14.4. The number of benzene rings is 4. The van der Waals surface area contributed by atoms with E-state index in [0.29, 0.717) is 0 Å². The third-order valence-corrected chi connectivity index (χ3v) is 7.56. The van der Waals surface area contributed by atoms with Gasteiger partial charge in [-0.3, -0.25) is 9.98 Å². The van der Waals surface area contributed by atoms with Gasteiger partial charge in [-0.05, 0) is 64.8 Å². The van der Waals surface area contributed by atoms with Gasteiger partial charge in [-0.15, -0.1) is 0 Å². The van der Waals surface area contributed by atoms with E-state index in [1.54, 1.807) is 0 Å². The lowest BCUT2D eigenvalue weighted by Gasteiger charge is -2.28. The Balaban J connectivity index is 1.51. The number of aliphatic imine (C=N–C) groups is 2. The molecule has 1 aliphatic rings. The van der Waals surface area contributed by atoms with Crippen molar-refractivity contribution in [1.82, 2.24) is 0 Å². The number of nitrogens with zero attached hydrogens (tertiary/aromatic N) is 2. The fraction of sp³-hybridized carbons (Fsp3) is 0.278. The lowest BCUT2D eigenvalue weighted by molar-refractivity contribution is 0.388. The number of rotatable bonds is 6. The average Bonchev–Trinajstić information content (AvgIpc) is 2.96. The predicted molar refractivity (Wildman–Crippen MR) is 171 cm³/mol. The van der Waals surface area contributed by atoms with Gasteiger partial charge >= 0.3 is 0 Å². The summed E-state index contributed by atoms with van der Waals surface area (Å²) in [6.45, 7) is 8.46. The zero-order chi connectivity index (χ0) is 27.9. The highest BCUT2D eigenvalue weighted by Gasteiger charge is 2.26. The number of amidine groups is 2. The van der Waals surface area contributed by atoms with E-state index in [-0.39, 0.29) is 12.1 Å².